The van der Waals surface area contributed by atoms with Crippen LogP contribution in [0.25, 0.3) is 0 Å². The third-order valence-corrected chi connectivity index (χ3v) is 6.83. The Balaban J connectivity index is 1.69. The summed E-state index contributed by atoms with van der Waals surface area (Å²) in [6.07, 6.45) is 0. The summed E-state index contributed by atoms with van der Waals surface area (Å²) in [5, 5.41) is 3.09. The molecule has 0 unspecified atom stereocenters. The lowest BCUT2D eigenvalue weighted by Gasteiger charge is -2.21. The molecule has 0 saturated carbocycles. The van der Waals surface area contributed by atoms with Crippen molar-refractivity contribution < 1.29 is 18.4 Å². The van der Waals surface area contributed by atoms with Crippen molar-refractivity contribution in [3.05, 3.63) is 85.1 Å². The van der Waals surface area contributed by atoms with Crippen LogP contribution in [-0.4, -0.2) is 11.8 Å². The fourth-order valence-electron chi connectivity index (χ4n) is 3.96. The maximum atomic E-state index is 14.5. The zero-order valence-electron chi connectivity index (χ0n) is 17.8. The Hall–Kier alpha value is -2.39. The van der Waals surface area contributed by atoms with Gasteiger partial charge in [-0.05, 0) is 79.8 Å². The Kier molecular flexibility index (Phi) is 6.06. The average Bonchev–Trinajstić information content (AvgIpc) is 3.23. The van der Waals surface area contributed by atoms with Gasteiger partial charge < -0.3 is 14.6 Å². The van der Waals surface area contributed by atoms with E-state index >= 15 is 0 Å². The Morgan fingerprint density at radius 1 is 1.25 bits per heavy atom. The zero-order valence-corrected chi connectivity index (χ0v) is 20.7. The molecule has 0 spiro atoms. The fraction of sp³-hybridized carbons (Fsp3) is 0.250. The van der Waals surface area contributed by atoms with Crippen molar-refractivity contribution in [2.75, 3.05) is 4.90 Å². The summed E-state index contributed by atoms with van der Waals surface area (Å²) < 4.78 is 20.7. The molecule has 32 heavy (non-hydrogen) atoms. The van der Waals surface area contributed by atoms with E-state index in [-0.39, 0.29) is 35.5 Å². The molecule has 0 fully saturated rings. The third-order valence-electron chi connectivity index (χ3n) is 5.62. The van der Waals surface area contributed by atoms with E-state index in [4.69, 9.17) is 16.0 Å². The molecule has 166 valence electrons. The number of anilines is 1. The van der Waals surface area contributed by atoms with Gasteiger partial charge >= 0.3 is 0 Å². The standard InChI is InChI=1S/C24H21ClFIN2O3/c1-13-7-8-15(32-13)11-28-22(30)14-9-19(27)21-20(10-14)29(23(31)24(21,2)3)12-16-17(25)5-4-6-18(16)26/h4-10H,11-12H2,1-3H3,(H,28,30). The molecule has 1 aromatic heterocycles. The number of nitrogens with zero attached hydrogens (tertiary/aromatic N) is 1. The Morgan fingerprint density at radius 2 is 2.00 bits per heavy atom. The highest BCUT2D eigenvalue weighted by molar-refractivity contribution is 14.1. The lowest BCUT2D eigenvalue weighted by atomic mass is 9.86. The SMILES string of the molecule is Cc1ccc(CNC(=O)c2cc(I)c3c(c2)N(Cc2c(F)cccc2Cl)C(=O)C3(C)C)o1. The summed E-state index contributed by atoms with van der Waals surface area (Å²) in [4.78, 5) is 27.7. The van der Waals surface area contributed by atoms with Crippen molar-refractivity contribution in [1.29, 1.82) is 0 Å². The summed E-state index contributed by atoms with van der Waals surface area (Å²) in [7, 11) is 0. The smallest absolute Gasteiger partial charge is 0.251 e. The molecule has 0 saturated heterocycles. The van der Waals surface area contributed by atoms with Crippen LogP contribution in [-0.2, 0) is 23.3 Å². The van der Waals surface area contributed by atoms with Crippen molar-refractivity contribution in [2.24, 2.45) is 0 Å². The molecule has 2 heterocycles. The average molecular weight is 567 g/mol. The molecule has 5 nitrogen and oxygen atoms in total. The molecule has 1 aliphatic rings. The van der Waals surface area contributed by atoms with Crippen molar-refractivity contribution >= 4 is 51.7 Å². The van der Waals surface area contributed by atoms with Gasteiger partial charge in [0.1, 0.15) is 17.3 Å². The third kappa shape index (κ3) is 4.03. The summed E-state index contributed by atoms with van der Waals surface area (Å²) in [5.41, 5.74) is 1.24. The number of furan rings is 1. The fourth-order valence-corrected chi connectivity index (χ4v) is 5.47. The lowest BCUT2D eigenvalue weighted by Crippen LogP contribution is -2.36. The zero-order chi connectivity index (χ0) is 23.2. The number of fused-ring (bicyclic) bond motifs is 1. The quantitative estimate of drug-likeness (QED) is 0.401. The highest BCUT2D eigenvalue weighted by atomic mass is 127. The molecular formula is C24H21ClFIN2O3. The molecule has 4 rings (SSSR count). The second kappa shape index (κ2) is 8.51. The van der Waals surface area contributed by atoms with Crippen LogP contribution in [0.5, 0.6) is 0 Å². The van der Waals surface area contributed by atoms with Gasteiger partial charge in [-0.2, -0.15) is 0 Å². The van der Waals surface area contributed by atoms with E-state index in [0.717, 1.165) is 14.9 Å². The van der Waals surface area contributed by atoms with Gasteiger partial charge in [0.05, 0.1) is 24.2 Å². The minimum Gasteiger partial charge on any atom is -0.465 e. The van der Waals surface area contributed by atoms with Crippen LogP contribution in [0.15, 0.2) is 46.9 Å². The number of carbonyl (C=O) groups is 2. The van der Waals surface area contributed by atoms with Crippen LogP contribution in [0.2, 0.25) is 5.02 Å². The van der Waals surface area contributed by atoms with E-state index in [0.29, 0.717) is 17.0 Å². The van der Waals surface area contributed by atoms with Crippen LogP contribution in [0.3, 0.4) is 0 Å². The minimum absolute atomic E-state index is 0.0202. The second-order valence-corrected chi connectivity index (χ2v) is 9.83. The van der Waals surface area contributed by atoms with Crippen molar-refractivity contribution in [3.8, 4) is 0 Å². The largest absolute Gasteiger partial charge is 0.465 e. The topological polar surface area (TPSA) is 62.6 Å². The summed E-state index contributed by atoms with van der Waals surface area (Å²) in [5.74, 6) is 0.478. The van der Waals surface area contributed by atoms with E-state index in [9.17, 15) is 14.0 Å². The maximum absolute atomic E-state index is 14.5. The minimum atomic E-state index is -0.815. The van der Waals surface area contributed by atoms with Crippen LogP contribution < -0.4 is 10.2 Å². The van der Waals surface area contributed by atoms with E-state index in [1.54, 1.807) is 18.2 Å². The predicted molar refractivity (Wildman–Crippen MR) is 129 cm³/mol. The molecule has 1 N–H and O–H groups in total. The van der Waals surface area contributed by atoms with Gasteiger partial charge in [0.2, 0.25) is 5.91 Å². The number of hydrogen-bond donors (Lipinski definition) is 1. The van der Waals surface area contributed by atoms with E-state index in [1.807, 2.05) is 32.9 Å². The van der Waals surface area contributed by atoms with Gasteiger partial charge in [0.15, 0.2) is 0 Å². The van der Waals surface area contributed by atoms with Crippen molar-refractivity contribution in [1.82, 2.24) is 5.32 Å². The number of amides is 2. The highest BCUT2D eigenvalue weighted by Gasteiger charge is 2.46. The van der Waals surface area contributed by atoms with E-state index in [1.165, 1.54) is 17.0 Å². The van der Waals surface area contributed by atoms with Gasteiger partial charge in [-0.15, -0.1) is 0 Å². The number of halogens is 3. The molecule has 2 aromatic carbocycles. The maximum Gasteiger partial charge on any atom is 0.251 e. The summed E-state index contributed by atoms with van der Waals surface area (Å²) in [6.45, 7) is 5.73. The number of aryl methyl sites for hydroxylation is 1. The van der Waals surface area contributed by atoms with Gasteiger partial charge in [0.25, 0.3) is 5.91 Å². The van der Waals surface area contributed by atoms with Crippen LogP contribution >= 0.6 is 34.2 Å². The molecule has 1 aliphatic heterocycles. The molecule has 8 heteroatoms. The summed E-state index contributed by atoms with van der Waals surface area (Å²) >= 11 is 8.36. The Labute approximate surface area is 204 Å². The number of nitrogens with one attached hydrogen (secondary N) is 1. The Morgan fingerprint density at radius 3 is 2.66 bits per heavy atom. The van der Waals surface area contributed by atoms with E-state index < -0.39 is 11.2 Å². The number of hydrogen-bond acceptors (Lipinski definition) is 3. The lowest BCUT2D eigenvalue weighted by molar-refractivity contribution is -0.122. The monoisotopic (exact) mass is 566 g/mol. The predicted octanol–water partition coefficient (Wildman–Crippen LogP) is 5.74. The van der Waals surface area contributed by atoms with Gasteiger partial charge in [-0.1, -0.05) is 17.7 Å². The van der Waals surface area contributed by atoms with E-state index in [2.05, 4.69) is 27.9 Å². The Bertz CT molecular complexity index is 1220. The van der Waals surface area contributed by atoms with Crippen LogP contribution in [0.1, 0.15) is 46.9 Å². The van der Waals surface area contributed by atoms with Crippen LogP contribution in [0, 0.1) is 16.3 Å². The van der Waals surface area contributed by atoms with Crippen LogP contribution in [0.4, 0.5) is 10.1 Å². The first-order valence-corrected chi connectivity index (χ1v) is 11.5. The first kappa shape index (κ1) is 22.8. The normalized spacial score (nSPS) is 14.6. The molecule has 0 atom stereocenters. The highest BCUT2D eigenvalue weighted by Crippen LogP contribution is 2.45. The first-order valence-electron chi connectivity index (χ1n) is 10.0. The van der Waals surface area contributed by atoms with Crippen molar-refractivity contribution in [2.45, 2.75) is 39.3 Å². The number of benzene rings is 2. The molecule has 2 amide bonds. The van der Waals surface area contributed by atoms with Gasteiger partial charge in [-0.3, -0.25) is 9.59 Å². The molecule has 0 bridgehead atoms. The van der Waals surface area contributed by atoms with Gasteiger partial charge in [-0.25, -0.2) is 4.39 Å². The molecule has 0 radical (unpaired) electrons. The first-order chi connectivity index (χ1) is 15.1. The summed E-state index contributed by atoms with van der Waals surface area (Å²) in [6, 6.07) is 11.5. The molecular weight excluding hydrogens is 546 g/mol. The second-order valence-electron chi connectivity index (χ2n) is 8.26. The van der Waals surface area contributed by atoms with Gasteiger partial charge in [0, 0.05) is 25.3 Å². The molecule has 0 aliphatic carbocycles. The molecule has 3 aromatic rings. The number of carbonyl (C=O) groups excluding carboxylic acids is 2. The van der Waals surface area contributed by atoms with Crippen molar-refractivity contribution in [3.63, 3.8) is 0 Å². The number of rotatable bonds is 5.